The number of ether oxygens (including phenoxy) is 1. The number of methoxy groups -OCH3 is 1. The molecule has 3 atom stereocenters. The summed E-state index contributed by atoms with van der Waals surface area (Å²) in [4.78, 5) is 28.0. The lowest BCUT2D eigenvalue weighted by atomic mass is 9.94. The normalized spacial score (nSPS) is 25.3. The maximum absolute atomic E-state index is 13.2. The monoisotopic (exact) mass is 495 g/mol. The number of aromatic hydroxyl groups is 1. The molecule has 3 heterocycles. The topological polar surface area (TPSA) is 93.1 Å². The highest BCUT2D eigenvalue weighted by Crippen LogP contribution is 2.49. The number of hydrogen-bond acceptors (Lipinski definition) is 8. The van der Waals surface area contributed by atoms with Gasteiger partial charge in [0.25, 0.3) is 5.91 Å². The molecule has 34 heavy (non-hydrogen) atoms. The number of carbonyl (C=O) groups excluding carboxylic acids is 1. The largest absolute Gasteiger partial charge is 0.506 e. The lowest BCUT2D eigenvalue weighted by Crippen LogP contribution is -2.41. The Kier molecular flexibility index (Phi) is 5.07. The van der Waals surface area contributed by atoms with E-state index in [-0.39, 0.29) is 34.6 Å². The van der Waals surface area contributed by atoms with Gasteiger partial charge in [-0.2, -0.15) is 0 Å². The highest BCUT2D eigenvalue weighted by molar-refractivity contribution is 8.26. The quantitative estimate of drug-likeness (QED) is 0.302. The molecule has 1 saturated heterocycles. The molecule has 0 radical (unpaired) electrons. The number of amides is 1. The summed E-state index contributed by atoms with van der Waals surface area (Å²) in [5.41, 5.74) is -0.572. The molecule has 1 aromatic carbocycles. The fourth-order valence-corrected chi connectivity index (χ4v) is 6.85. The first-order valence-electron chi connectivity index (χ1n) is 11.1. The van der Waals surface area contributed by atoms with Gasteiger partial charge in [-0.1, -0.05) is 30.4 Å². The number of thioether (sulfide) groups is 1. The fourth-order valence-electron chi connectivity index (χ4n) is 5.50. The lowest BCUT2D eigenvalue weighted by molar-refractivity contribution is -0.124. The highest BCUT2D eigenvalue weighted by Gasteiger charge is 2.48. The molecule has 6 rings (SSSR count). The van der Waals surface area contributed by atoms with Crippen LogP contribution in [0, 0.1) is 11.8 Å². The zero-order valence-corrected chi connectivity index (χ0v) is 19.9. The van der Waals surface area contributed by atoms with E-state index in [1.165, 1.54) is 31.7 Å². The van der Waals surface area contributed by atoms with Gasteiger partial charge in [0.15, 0.2) is 0 Å². The van der Waals surface area contributed by atoms with Crippen LogP contribution in [0.3, 0.4) is 0 Å². The Labute approximate surface area is 204 Å². The van der Waals surface area contributed by atoms with Gasteiger partial charge in [0.1, 0.15) is 38.5 Å². The van der Waals surface area contributed by atoms with Gasteiger partial charge >= 0.3 is 5.63 Å². The van der Waals surface area contributed by atoms with Crippen LogP contribution in [0.5, 0.6) is 11.5 Å². The average Bonchev–Trinajstić information content (AvgIpc) is 3.60. The second-order valence-corrected chi connectivity index (χ2v) is 10.6. The van der Waals surface area contributed by atoms with Crippen molar-refractivity contribution in [1.29, 1.82) is 0 Å². The van der Waals surface area contributed by atoms with Crippen molar-refractivity contribution >= 4 is 51.3 Å². The van der Waals surface area contributed by atoms with Crippen LogP contribution in [0.4, 0.5) is 0 Å². The predicted octanol–water partition coefficient (Wildman–Crippen LogP) is 5.16. The Morgan fingerprint density at radius 1 is 1.18 bits per heavy atom. The van der Waals surface area contributed by atoms with Crippen LogP contribution in [0.1, 0.15) is 31.4 Å². The summed E-state index contributed by atoms with van der Waals surface area (Å²) in [7, 11) is 1.51. The molecule has 174 valence electrons. The molecule has 2 aromatic heterocycles. The second kappa shape index (κ2) is 8.02. The summed E-state index contributed by atoms with van der Waals surface area (Å²) < 4.78 is 17.0. The van der Waals surface area contributed by atoms with Gasteiger partial charge in [-0.05, 0) is 61.4 Å². The van der Waals surface area contributed by atoms with Gasteiger partial charge in [-0.25, -0.2) is 4.79 Å². The summed E-state index contributed by atoms with van der Waals surface area (Å²) in [5.74, 6) is 1.94. The van der Waals surface area contributed by atoms with Crippen LogP contribution >= 0.6 is 24.0 Å². The van der Waals surface area contributed by atoms with Crippen molar-refractivity contribution in [3.8, 4) is 22.8 Å². The number of fused-ring (bicyclic) bond motifs is 3. The molecule has 2 saturated carbocycles. The van der Waals surface area contributed by atoms with Gasteiger partial charge in [0.2, 0.25) is 0 Å². The Bertz CT molecular complexity index is 1440. The van der Waals surface area contributed by atoms with Gasteiger partial charge in [0.05, 0.1) is 17.4 Å². The molecular weight excluding hydrogens is 474 g/mol. The molecule has 9 heteroatoms. The number of benzene rings is 1. The minimum Gasteiger partial charge on any atom is -0.506 e. The molecule has 1 N–H and O–H groups in total. The van der Waals surface area contributed by atoms with Crippen LogP contribution in [-0.4, -0.2) is 33.4 Å². The van der Waals surface area contributed by atoms with E-state index in [9.17, 15) is 14.7 Å². The van der Waals surface area contributed by atoms with Crippen molar-refractivity contribution in [2.24, 2.45) is 11.8 Å². The van der Waals surface area contributed by atoms with E-state index in [1.54, 1.807) is 41.3 Å². The maximum atomic E-state index is 13.2. The minimum absolute atomic E-state index is 0.0880. The van der Waals surface area contributed by atoms with Crippen LogP contribution in [-0.2, 0) is 4.79 Å². The first kappa shape index (κ1) is 21.5. The third-order valence-electron chi connectivity index (χ3n) is 7.09. The second-order valence-electron chi connectivity index (χ2n) is 8.97. The minimum atomic E-state index is -0.723. The number of nitrogens with zero attached hydrogens (tertiary/aromatic N) is 1. The van der Waals surface area contributed by atoms with Crippen LogP contribution in [0.25, 0.3) is 28.4 Å². The standard InChI is InChI=1S/C25H21NO6S2/c1-30-14-4-6-18-16(10-14)22(27)21(24(29)32-18)19-7-5-15(31-19)11-20-23(28)26(25(33)34-20)17-9-12-2-3-13(17)8-12/h4-7,10-13,17,27H,2-3,8-9H2,1H3. The maximum Gasteiger partial charge on any atom is 0.351 e. The SMILES string of the molecule is COc1ccc2oc(=O)c(-c3ccc(C=C4SC(=S)N(C5CC6CCC5C6)C4=O)o3)c(O)c2c1. The molecule has 1 aliphatic heterocycles. The van der Waals surface area contributed by atoms with E-state index in [1.807, 2.05) is 0 Å². The number of thiocarbonyl (C=S) groups is 1. The number of rotatable bonds is 4. The van der Waals surface area contributed by atoms with Gasteiger partial charge in [0, 0.05) is 12.1 Å². The Morgan fingerprint density at radius 2 is 2.03 bits per heavy atom. The predicted molar refractivity (Wildman–Crippen MR) is 133 cm³/mol. The Hall–Kier alpha value is -3.04. The molecule has 2 bridgehead atoms. The molecule has 3 aliphatic rings. The number of hydrogen-bond donors (Lipinski definition) is 1. The molecule has 3 fully saturated rings. The van der Waals surface area contributed by atoms with Crippen molar-refractivity contribution in [3.05, 3.63) is 51.4 Å². The smallest absolute Gasteiger partial charge is 0.351 e. The molecular formula is C25H21NO6S2. The average molecular weight is 496 g/mol. The zero-order chi connectivity index (χ0) is 23.6. The van der Waals surface area contributed by atoms with Crippen molar-refractivity contribution in [2.75, 3.05) is 7.11 Å². The van der Waals surface area contributed by atoms with E-state index < -0.39 is 5.63 Å². The molecule has 7 nitrogen and oxygen atoms in total. The van der Waals surface area contributed by atoms with Crippen molar-refractivity contribution in [3.63, 3.8) is 0 Å². The molecule has 0 spiro atoms. The van der Waals surface area contributed by atoms with Crippen LogP contribution < -0.4 is 10.4 Å². The van der Waals surface area contributed by atoms with E-state index in [0.29, 0.717) is 38.0 Å². The first-order valence-corrected chi connectivity index (χ1v) is 12.4. The van der Waals surface area contributed by atoms with E-state index in [0.717, 1.165) is 12.8 Å². The third kappa shape index (κ3) is 3.37. The summed E-state index contributed by atoms with van der Waals surface area (Å²) in [6.07, 6.45) is 6.27. The van der Waals surface area contributed by atoms with E-state index >= 15 is 0 Å². The summed E-state index contributed by atoms with van der Waals surface area (Å²) in [6, 6.07) is 8.20. The van der Waals surface area contributed by atoms with Crippen LogP contribution in [0.2, 0.25) is 0 Å². The van der Waals surface area contributed by atoms with Crippen molar-refractivity contribution < 1.29 is 23.5 Å². The summed E-state index contributed by atoms with van der Waals surface area (Å²) in [5, 5.41) is 11.1. The lowest BCUT2D eigenvalue weighted by Gasteiger charge is -2.30. The van der Waals surface area contributed by atoms with Gasteiger partial charge < -0.3 is 18.7 Å². The fraction of sp³-hybridized carbons (Fsp3) is 0.320. The number of carbonyl (C=O) groups is 1. The number of furan rings is 1. The Balaban J connectivity index is 1.32. The molecule has 3 unspecified atom stereocenters. The van der Waals surface area contributed by atoms with Crippen LogP contribution in [0.15, 0.2) is 48.9 Å². The van der Waals surface area contributed by atoms with Crippen molar-refractivity contribution in [1.82, 2.24) is 4.90 Å². The summed E-state index contributed by atoms with van der Waals surface area (Å²) >= 11 is 6.82. The van der Waals surface area contributed by atoms with Gasteiger partial charge in [-0.15, -0.1) is 0 Å². The zero-order valence-electron chi connectivity index (χ0n) is 18.3. The van der Waals surface area contributed by atoms with E-state index in [2.05, 4.69) is 0 Å². The third-order valence-corrected chi connectivity index (χ3v) is 8.42. The first-order chi connectivity index (χ1) is 16.4. The molecule has 1 amide bonds. The Morgan fingerprint density at radius 3 is 2.76 bits per heavy atom. The van der Waals surface area contributed by atoms with Crippen molar-refractivity contribution in [2.45, 2.75) is 31.7 Å². The molecule has 2 aliphatic carbocycles. The highest BCUT2D eigenvalue weighted by atomic mass is 32.2. The van der Waals surface area contributed by atoms with E-state index in [4.69, 9.17) is 25.8 Å². The molecule has 3 aromatic rings. The summed E-state index contributed by atoms with van der Waals surface area (Å²) in [6.45, 7) is 0. The van der Waals surface area contributed by atoms with Gasteiger partial charge in [-0.3, -0.25) is 9.69 Å².